The molecule has 0 aromatic heterocycles. The van der Waals surface area contributed by atoms with Gasteiger partial charge >= 0.3 is 11.9 Å². The largest absolute Gasteiger partial charge is 0.462 e. The monoisotopic (exact) mass is 769 g/mol. The van der Waals surface area contributed by atoms with Crippen LogP contribution in [0, 0.1) is 0 Å². The van der Waals surface area contributed by atoms with Crippen LogP contribution in [0.3, 0.4) is 0 Å². The van der Waals surface area contributed by atoms with Crippen LogP contribution in [0.2, 0.25) is 0 Å². The minimum absolute atomic E-state index is 0.221. The molecule has 0 saturated carbocycles. The molecule has 0 aliphatic carbocycles. The fourth-order valence-corrected chi connectivity index (χ4v) is 6.53. The predicted molar refractivity (Wildman–Crippen MR) is 215 cm³/mol. The highest BCUT2D eigenvalue weighted by Gasteiger charge is 2.44. The third-order valence-electron chi connectivity index (χ3n) is 10.1. The van der Waals surface area contributed by atoms with Gasteiger partial charge in [0.05, 0.1) is 13.2 Å². The summed E-state index contributed by atoms with van der Waals surface area (Å²) in [6.45, 7) is 3.38. The zero-order valence-electron chi connectivity index (χ0n) is 34.2. The standard InChI is InChI=1S/C44H80O10/c1-3-5-7-9-11-13-15-17-18-19-20-21-23-25-27-29-31-33-40(47)53-37(36-52-44-43(50)42(49)41(48)38(34-45)54-44)35-51-39(46)32-30-28-26-24-22-16-14-12-10-8-6-4-2/h12,14,17-18,37-38,41-45,48-50H,3-11,13,15-16,19-36H2,1-2H3/b14-12-,18-17-. The Balaban J connectivity index is 2.34. The van der Waals surface area contributed by atoms with Crippen LogP contribution < -0.4 is 0 Å². The summed E-state index contributed by atoms with van der Waals surface area (Å²) in [5, 5.41) is 40.0. The quantitative estimate of drug-likeness (QED) is 0.0276. The lowest BCUT2D eigenvalue weighted by Gasteiger charge is -2.39. The van der Waals surface area contributed by atoms with Crippen LogP contribution >= 0.6 is 0 Å². The van der Waals surface area contributed by atoms with Crippen molar-refractivity contribution in [1.82, 2.24) is 0 Å². The van der Waals surface area contributed by atoms with Gasteiger partial charge in [0.1, 0.15) is 31.0 Å². The van der Waals surface area contributed by atoms with E-state index in [1.165, 1.54) is 83.5 Å². The summed E-state index contributed by atoms with van der Waals surface area (Å²) in [5.74, 6) is -0.819. The lowest BCUT2D eigenvalue weighted by atomic mass is 9.99. The maximum absolute atomic E-state index is 12.7. The first-order valence-electron chi connectivity index (χ1n) is 21.9. The Morgan fingerprint density at radius 2 is 0.981 bits per heavy atom. The Bertz CT molecular complexity index is 938. The van der Waals surface area contributed by atoms with Crippen LogP contribution in [-0.2, 0) is 28.5 Å². The lowest BCUT2D eigenvalue weighted by Crippen LogP contribution is -2.59. The predicted octanol–water partition coefficient (Wildman–Crippen LogP) is 8.94. The van der Waals surface area contributed by atoms with Gasteiger partial charge in [0.15, 0.2) is 12.4 Å². The molecule has 10 heteroatoms. The van der Waals surface area contributed by atoms with Crippen LogP contribution in [0.1, 0.15) is 187 Å². The summed E-state index contributed by atoms with van der Waals surface area (Å²) in [7, 11) is 0. The van der Waals surface area contributed by atoms with E-state index >= 15 is 0 Å². The maximum atomic E-state index is 12.7. The number of esters is 2. The first-order chi connectivity index (χ1) is 26.3. The molecule has 1 aliphatic heterocycles. The molecule has 0 bridgehead atoms. The first kappa shape index (κ1) is 50.2. The summed E-state index contributed by atoms with van der Waals surface area (Å²) in [6.07, 6.45) is 30.4. The van der Waals surface area contributed by atoms with Crippen LogP contribution in [0.4, 0.5) is 0 Å². The molecule has 0 amide bonds. The SMILES string of the molecule is CCCCC/C=C\CCCCCCCC(=O)OCC(COC1OC(CO)C(O)C(O)C1O)OC(=O)CCCCCCCCC/C=C\CCCCCCCC. The topological polar surface area (TPSA) is 152 Å². The van der Waals surface area contributed by atoms with Crippen molar-refractivity contribution in [2.75, 3.05) is 19.8 Å². The van der Waals surface area contributed by atoms with Crippen LogP contribution in [0.15, 0.2) is 24.3 Å². The van der Waals surface area contributed by atoms with Crippen molar-refractivity contribution < 1.29 is 49.0 Å². The van der Waals surface area contributed by atoms with Gasteiger partial charge < -0.3 is 39.4 Å². The van der Waals surface area contributed by atoms with Gasteiger partial charge in [0.25, 0.3) is 0 Å². The number of aliphatic hydroxyl groups is 4. The Kier molecular flexibility index (Phi) is 33.1. The highest BCUT2D eigenvalue weighted by molar-refractivity contribution is 5.70. The second-order valence-electron chi connectivity index (χ2n) is 15.1. The van der Waals surface area contributed by atoms with Crippen LogP contribution in [-0.4, -0.2) is 89.0 Å². The molecule has 1 heterocycles. The van der Waals surface area contributed by atoms with Gasteiger partial charge in [-0.25, -0.2) is 0 Å². The average molecular weight is 769 g/mol. The van der Waals surface area contributed by atoms with Crippen LogP contribution in [0.5, 0.6) is 0 Å². The Labute approximate surface area is 328 Å². The van der Waals surface area contributed by atoms with E-state index in [-0.39, 0.29) is 32.0 Å². The molecule has 316 valence electrons. The van der Waals surface area contributed by atoms with E-state index in [1.807, 2.05) is 0 Å². The summed E-state index contributed by atoms with van der Waals surface area (Å²) < 4.78 is 22.1. The lowest BCUT2D eigenvalue weighted by molar-refractivity contribution is -0.305. The van der Waals surface area contributed by atoms with Crippen molar-refractivity contribution >= 4 is 11.9 Å². The second-order valence-corrected chi connectivity index (χ2v) is 15.1. The fraction of sp³-hybridized carbons (Fsp3) is 0.864. The molecule has 1 saturated heterocycles. The van der Waals surface area contributed by atoms with Gasteiger partial charge in [0, 0.05) is 12.8 Å². The van der Waals surface area contributed by atoms with Crippen molar-refractivity contribution in [2.24, 2.45) is 0 Å². The number of hydrogen-bond acceptors (Lipinski definition) is 10. The molecule has 0 radical (unpaired) electrons. The van der Waals surface area contributed by atoms with E-state index in [0.717, 1.165) is 64.2 Å². The molecule has 1 aliphatic rings. The number of aliphatic hydroxyl groups excluding tert-OH is 4. The molecular weight excluding hydrogens is 688 g/mol. The summed E-state index contributed by atoms with van der Waals surface area (Å²) in [6, 6.07) is 0. The van der Waals surface area contributed by atoms with E-state index in [9.17, 15) is 30.0 Å². The third kappa shape index (κ3) is 26.9. The molecule has 0 aromatic carbocycles. The molecule has 1 rings (SSSR count). The zero-order valence-corrected chi connectivity index (χ0v) is 34.2. The number of carbonyl (C=O) groups is 2. The fourth-order valence-electron chi connectivity index (χ4n) is 6.53. The van der Waals surface area contributed by atoms with Gasteiger partial charge in [0.2, 0.25) is 0 Å². The van der Waals surface area contributed by atoms with Gasteiger partial charge in [-0.1, -0.05) is 134 Å². The van der Waals surface area contributed by atoms with Gasteiger partial charge in [-0.3, -0.25) is 9.59 Å². The molecule has 0 aromatic rings. The normalized spacial score (nSPS) is 20.9. The van der Waals surface area contributed by atoms with Crippen molar-refractivity contribution in [3.63, 3.8) is 0 Å². The minimum atomic E-state index is -1.59. The number of hydrogen-bond donors (Lipinski definition) is 4. The molecule has 1 fully saturated rings. The van der Waals surface area contributed by atoms with E-state index in [2.05, 4.69) is 38.2 Å². The Hall–Kier alpha value is -1.82. The minimum Gasteiger partial charge on any atom is -0.462 e. The highest BCUT2D eigenvalue weighted by atomic mass is 16.7. The second kappa shape index (κ2) is 35.6. The molecule has 6 atom stereocenters. The first-order valence-corrected chi connectivity index (χ1v) is 21.9. The summed E-state index contributed by atoms with van der Waals surface area (Å²) in [4.78, 5) is 25.3. The summed E-state index contributed by atoms with van der Waals surface area (Å²) >= 11 is 0. The van der Waals surface area contributed by atoms with Crippen LogP contribution in [0.25, 0.3) is 0 Å². The average Bonchev–Trinajstić information content (AvgIpc) is 3.17. The molecular formula is C44H80O10. The number of rotatable bonds is 36. The molecule has 4 N–H and O–H groups in total. The number of unbranched alkanes of at least 4 members (excludes halogenated alkanes) is 21. The van der Waals surface area contributed by atoms with E-state index in [0.29, 0.717) is 12.8 Å². The Morgan fingerprint density at radius 1 is 0.556 bits per heavy atom. The molecule has 6 unspecified atom stereocenters. The van der Waals surface area contributed by atoms with Gasteiger partial charge in [-0.15, -0.1) is 0 Å². The Morgan fingerprint density at radius 3 is 1.48 bits per heavy atom. The third-order valence-corrected chi connectivity index (χ3v) is 10.1. The summed E-state index contributed by atoms with van der Waals surface area (Å²) in [5.41, 5.74) is 0. The van der Waals surface area contributed by atoms with Crippen molar-refractivity contribution in [3.8, 4) is 0 Å². The van der Waals surface area contributed by atoms with Crippen molar-refractivity contribution in [2.45, 2.75) is 224 Å². The van der Waals surface area contributed by atoms with Crippen molar-refractivity contribution in [3.05, 3.63) is 24.3 Å². The molecule has 10 nitrogen and oxygen atoms in total. The van der Waals surface area contributed by atoms with E-state index in [1.54, 1.807) is 0 Å². The van der Waals surface area contributed by atoms with Gasteiger partial charge in [-0.05, 0) is 64.2 Å². The molecule has 0 spiro atoms. The zero-order chi connectivity index (χ0) is 39.5. The number of allylic oxidation sites excluding steroid dienone is 4. The smallest absolute Gasteiger partial charge is 0.306 e. The van der Waals surface area contributed by atoms with E-state index < -0.39 is 49.4 Å². The van der Waals surface area contributed by atoms with Gasteiger partial charge in [-0.2, -0.15) is 0 Å². The number of carbonyl (C=O) groups excluding carboxylic acids is 2. The highest BCUT2D eigenvalue weighted by Crippen LogP contribution is 2.22. The number of ether oxygens (including phenoxy) is 4. The van der Waals surface area contributed by atoms with E-state index in [4.69, 9.17) is 18.9 Å². The maximum Gasteiger partial charge on any atom is 0.306 e. The van der Waals surface area contributed by atoms with Crippen molar-refractivity contribution in [1.29, 1.82) is 0 Å². The molecule has 54 heavy (non-hydrogen) atoms.